The van der Waals surface area contributed by atoms with Gasteiger partial charge in [0, 0.05) is 5.69 Å². The number of benzene rings is 1. The molecule has 1 aromatic carbocycles. The molecule has 1 aliphatic heterocycles. The van der Waals surface area contributed by atoms with E-state index in [1.165, 1.54) is 24.3 Å². The second-order valence-electron chi connectivity index (χ2n) is 6.17. The number of nitrogens with one attached hydrogen (secondary N) is 1. The van der Waals surface area contributed by atoms with E-state index in [9.17, 15) is 22.8 Å². The third kappa shape index (κ3) is 3.95. The van der Waals surface area contributed by atoms with Gasteiger partial charge in [-0.2, -0.15) is 18.3 Å². The SMILES string of the molecule is CC1CCC(C(=O)Nc2cccc(-n3ncc(C(=O)O)c3C(F)(F)F)c2)O1. The first-order chi connectivity index (χ1) is 12.7. The number of halogens is 3. The topological polar surface area (TPSA) is 93.5 Å². The number of hydrogen-bond acceptors (Lipinski definition) is 4. The molecule has 1 aliphatic rings. The summed E-state index contributed by atoms with van der Waals surface area (Å²) in [5.41, 5.74) is -2.13. The highest BCUT2D eigenvalue weighted by molar-refractivity contribution is 5.94. The van der Waals surface area contributed by atoms with Crippen LogP contribution in [-0.4, -0.2) is 39.0 Å². The van der Waals surface area contributed by atoms with Gasteiger partial charge in [-0.3, -0.25) is 4.79 Å². The van der Waals surface area contributed by atoms with Crippen LogP contribution in [0.15, 0.2) is 30.5 Å². The van der Waals surface area contributed by atoms with Gasteiger partial charge in [0.2, 0.25) is 0 Å². The van der Waals surface area contributed by atoms with Crippen LogP contribution in [0.1, 0.15) is 35.8 Å². The maximum Gasteiger partial charge on any atom is 0.434 e. The minimum atomic E-state index is -4.92. The molecule has 0 bridgehead atoms. The fourth-order valence-corrected chi connectivity index (χ4v) is 2.91. The number of ether oxygens (including phenoxy) is 1. The number of carboxylic acid groups (broad SMARTS) is 1. The number of amides is 1. The molecule has 1 fully saturated rings. The van der Waals surface area contributed by atoms with Crippen LogP contribution in [0.25, 0.3) is 5.69 Å². The number of carbonyl (C=O) groups is 2. The van der Waals surface area contributed by atoms with Gasteiger partial charge >= 0.3 is 12.1 Å². The molecule has 1 amide bonds. The Kier molecular flexibility index (Phi) is 4.92. The van der Waals surface area contributed by atoms with E-state index in [4.69, 9.17) is 9.84 Å². The summed E-state index contributed by atoms with van der Waals surface area (Å²) in [6.07, 6.45) is -3.61. The lowest BCUT2D eigenvalue weighted by Gasteiger charge is -2.14. The predicted octanol–water partition coefficient (Wildman–Crippen LogP) is 3.10. The number of nitrogens with zero attached hydrogens (tertiary/aromatic N) is 2. The molecule has 1 aromatic heterocycles. The highest BCUT2D eigenvalue weighted by Crippen LogP contribution is 2.34. The number of aromatic nitrogens is 2. The Morgan fingerprint density at radius 1 is 1.33 bits per heavy atom. The highest BCUT2D eigenvalue weighted by atomic mass is 19.4. The summed E-state index contributed by atoms with van der Waals surface area (Å²) in [5, 5.41) is 15.1. The zero-order chi connectivity index (χ0) is 19.8. The van der Waals surface area contributed by atoms with Crippen LogP contribution in [0.5, 0.6) is 0 Å². The van der Waals surface area contributed by atoms with E-state index in [0.717, 1.165) is 6.42 Å². The maximum absolute atomic E-state index is 13.3. The average molecular weight is 383 g/mol. The zero-order valence-corrected chi connectivity index (χ0v) is 14.2. The maximum atomic E-state index is 13.3. The van der Waals surface area contributed by atoms with Crippen molar-refractivity contribution < 1.29 is 32.6 Å². The van der Waals surface area contributed by atoms with Gasteiger partial charge in [-0.15, -0.1) is 0 Å². The van der Waals surface area contributed by atoms with E-state index >= 15 is 0 Å². The minimum Gasteiger partial charge on any atom is -0.478 e. The smallest absolute Gasteiger partial charge is 0.434 e. The van der Waals surface area contributed by atoms with Crippen molar-refractivity contribution in [2.24, 2.45) is 0 Å². The third-order valence-electron chi connectivity index (χ3n) is 4.15. The Balaban J connectivity index is 1.90. The molecule has 0 radical (unpaired) electrons. The van der Waals surface area contributed by atoms with Crippen molar-refractivity contribution in [2.45, 2.75) is 38.1 Å². The first kappa shape index (κ1) is 18.9. The first-order valence-electron chi connectivity index (χ1n) is 8.12. The van der Waals surface area contributed by atoms with Crippen LogP contribution in [0.3, 0.4) is 0 Å². The summed E-state index contributed by atoms with van der Waals surface area (Å²) in [6.45, 7) is 1.85. The van der Waals surface area contributed by atoms with Crippen molar-refractivity contribution in [3.8, 4) is 5.69 Å². The van der Waals surface area contributed by atoms with Crippen molar-refractivity contribution in [1.82, 2.24) is 9.78 Å². The van der Waals surface area contributed by atoms with E-state index in [1.807, 2.05) is 6.92 Å². The number of alkyl halides is 3. The van der Waals surface area contributed by atoms with Crippen molar-refractivity contribution in [1.29, 1.82) is 0 Å². The van der Waals surface area contributed by atoms with Crippen LogP contribution in [0.2, 0.25) is 0 Å². The van der Waals surface area contributed by atoms with Crippen LogP contribution in [0.4, 0.5) is 18.9 Å². The highest BCUT2D eigenvalue weighted by Gasteiger charge is 2.40. The molecule has 0 aliphatic carbocycles. The minimum absolute atomic E-state index is 0.0278. The molecule has 2 atom stereocenters. The van der Waals surface area contributed by atoms with E-state index in [1.54, 1.807) is 0 Å². The molecule has 0 saturated carbocycles. The summed E-state index contributed by atoms with van der Waals surface area (Å²) in [6, 6.07) is 5.56. The summed E-state index contributed by atoms with van der Waals surface area (Å²) >= 11 is 0. The number of carboxylic acids is 1. The van der Waals surface area contributed by atoms with Crippen molar-refractivity contribution in [2.75, 3.05) is 5.32 Å². The molecule has 0 spiro atoms. The predicted molar refractivity (Wildman–Crippen MR) is 87.7 cm³/mol. The Hall–Kier alpha value is -2.88. The lowest BCUT2D eigenvalue weighted by Crippen LogP contribution is -2.27. The summed E-state index contributed by atoms with van der Waals surface area (Å²) in [7, 11) is 0. The van der Waals surface area contributed by atoms with Gasteiger partial charge in [-0.25, -0.2) is 9.48 Å². The van der Waals surface area contributed by atoms with E-state index < -0.39 is 29.5 Å². The monoisotopic (exact) mass is 383 g/mol. The summed E-state index contributed by atoms with van der Waals surface area (Å²) in [4.78, 5) is 23.3. The van der Waals surface area contributed by atoms with Crippen LogP contribution in [0, 0.1) is 0 Å². The molecule has 2 N–H and O–H groups in total. The second-order valence-corrected chi connectivity index (χ2v) is 6.17. The molecule has 27 heavy (non-hydrogen) atoms. The number of rotatable bonds is 4. The second kappa shape index (κ2) is 7.03. The number of aromatic carboxylic acids is 1. The fraction of sp³-hybridized carbons (Fsp3) is 0.353. The van der Waals surface area contributed by atoms with Gasteiger partial charge in [0.25, 0.3) is 5.91 Å². The molecule has 3 rings (SSSR count). The fourth-order valence-electron chi connectivity index (χ4n) is 2.91. The Morgan fingerprint density at radius 3 is 2.67 bits per heavy atom. The summed E-state index contributed by atoms with van der Waals surface area (Å²) in [5.74, 6) is -2.12. The Labute approximate surface area is 151 Å². The van der Waals surface area contributed by atoms with E-state index in [0.29, 0.717) is 17.3 Å². The van der Waals surface area contributed by atoms with Gasteiger partial charge in [-0.05, 0) is 38.0 Å². The Morgan fingerprint density at radius 2 is 2.07 bits per heavy atom. The van der Waals surface area contributed by atoms with Crippen LogP contribution in [-0.2, 0) is 15.7 Å². The summed E-state index contributed by atoms with van der Waals surface area (Å²) < 4.78 is 45.9. The number of carbonyl (C=O) groups excluding carboxylic acids is 1. The first-order valence-corrected chi connectivity index (χ1v) is 8.12. The normalized spacial score (nSPS) is 19.9. The largest absolute Gasteiger partial charge is 0.478 e. The van der Waals surface area contributed by atoms with Crippen molar-refractivity contribution in [3.63, 3.8) is 0 Å². The van der Waals surface area contributed by atoms with Gasteiger partial charge in [0.1, 0.15) is 11.7 Å². The molecule has 2 heterocycles. The van der Waals surface area contributed by atoms with E-state index in [-0.39, 0.29) is 23.4 Å². The lowest BCUT2D eigenvalue weighted by atomic mass is 10.2. The zero-order valence-electron chi connectivity index (χ0n) is 14.2. The quantitative estimate of drug-likeness (QED) is 0.846. The standard InChI is InChI=1S/C17H16F3N3O4/c1-9-5-6-13(27-9)15(24)22-10-3-2-4-11(7-10)23-14(17(18,19)20)12(8-21-23)16(25)26/h2-4,7-9,13H,5-6H2,1H3,(H,22,24)(H,25,26). The van der Waals surface area contributed by atoms with Crippen LogP contribution >= 0.6 is 0 Å². The van der Waals surface area contributed by atoms with Gasteiger partial charge in [0.15, 0.2) is 5.69 Å². The van der Waals surface area contributed by atoms with Gasteiger partial charge < -0.3 is 15.2 Å². The molecule has 7 nitrogen and oxygen atoms in total. The average Bonchev–Trinajstić information content (AvgIpc) is 3.21. The van der Waals surface area contributed by atoms with E-state index in [2.05, 4.69) is 10.4 Å². The lowest BCUT2D eigenvalue weighted by molar-refractivity contribution is -0.143. The van der Waals surface area contributed by atoms with Crippen LogP contribution < -0.4 is 5.32 Å². The van der Waals surface area contributed by atoms with Gasteiger partial charge in [0.05, 0.1) is 18.0 Å². The number of hydrogen-bond donors (Lipinski definition) is 2. The number of anilines is 1. The molecule has 10 heteroatoms. The molecule has 144 valence electrons. The van der Waals surface area contributed by atoms with Crippen molar-refractivity contribution >= 4 is 17.6 Å². The molecular weight excluding hydrogens is 367 g/mol. The molecule has 2 unspecified atom stereocenters. The third-order valence-corrected chi connectivity index (χ3v) is 4.15. The van der Waals surface area contributed by atoms with Gasteiger partial charge in [-0.1, -0.05) is 6.07 Å². The molecular formula is C17H16F3N3O4. The molecule has 2 aromatic rings. The van der Waals surface area contributed by atoms with Crippen molar-refractivity contribution in [3.05, 3.63) is 41.7 Å². The molecule has 1 saturated heterocycles. The Bertz CT molecular complexity index is 879.